The van der Waals surface area contributed by atoms with Crippen LogP contribution >= 0.6 is 11.3 Å². The van der Waals surface area contributed by atoms with Crippen molar-refractivity contribution < 1.29 is 19.0 Å². The normalized spacial score (nSPS) is 15.5. The minimum Gasteiger partial charge on any atom is -0.493 e. The van der Waals surface area contributed by atoms with Crippen LogP contribution in [0.5, 0.6) is 11.5 Å². The van der Waals surface area contributed by atoms with E-state index in [1.54, 1.807) is 30.7 Å². The summed E-state index contributed by atoms with van der Waals surface area (Å²) in [6.07, 6.45) is 7.49. The quantitative estimate of drug-likeness (QED) is 0.312. The number of esters is 1. The number of hydrogen-bond acceptors (Lipinski definition) is 7. The Labute approximate surface area is 219 Å². The molecule has 0 spiro atoms. The lowest BCUT2D eigenvalue weighted by atomic mass is 9.95. The zero-order chi connectivity index (χ0) is 26.4. The number of thiazole rings is 1. The van der Waals surface area contributed by atoms with Gasteiger partial charge in [0.25, 0.3) is 5.56 Å². The molecule has 1 atom stereocenters. The monoisotopic (exact) mass is 518 g/mol. The van der Waals surface area contributed by atoms with E-state index in [9.17, 15) is 9.59 Å². The molecule has 3 aromatic rings. The number of carbonyl (C=O) groups is 1. The highest BCUT2D eigenvalue weighted by Gasteiger charge is 2.33. The molecular formula is C29H30N2O5S. The molecule has 7 nitrogen and oxygen atoms in total. The smallest absolute Gasteiger partial charge is 0.338 e. The molecular weight excluding hydrogens is 488 g/mol. The Balaban J connectivity index is 1.82. The molecule has 192 valence electrons. The summed E-state index contributed by atoms with van der Waals surface area (Å²) in [6, 6.07) is 14.6. The lowest BCUT2D eigenvalue weighted by Crippen LogP contribution is -2.39. The van der Waals surface area contributed by atoms with Gasteiger partial charge in [0.1, 0.15) is 0 Å². The first-order valence-electron chi connectivity index (χ1n) is 12.1. The molecule has 2 aromatic carbocycles. The summed E-state index contributed by atoms with van der Waals surface area (Å²) in [4.78, 5) is 31.6. The molecule has 8 heteroatoms. The molecule has 1 unspecified atom stereocenters. The van der Waals surface area contributed by atoms with Crippen LogP contribution in [0, 0.1) is 0 Å². The molecule has 0 saturated heterocycles. The Hall–Kier alpha value is -3.91. The van der Waals surface area contributed by atoms with E-state index in [0.717, 1.165) is 18.4 Å². The zero-order valence-corrected chi connectivity index (χ0v) is 22.2. The van der Waals surface area contributed by atoms with Crippen LogP contribution in [0.2, 0.25) is 0 Å². The van der Waals surface area contributed by atoms with Crippen molar-refractivity contribution in [2.24, 2.45) is 4.99 Å². The summed E-state index contributed by atoms with van der Waals surface area (Å²) < 4.78 is 18.6. The molecule has 0 radical (unpaired) electrons. The fourth-order valence-corrected chi connectivity index (χ4v) is 5.13. The van der Waals surface area contributed by atoms with Gasteiger partial charge in [0, 0.05) is 0 Å². The number of hydrogen-bond donors (Lipinski definition) is 0. The van der Waals surface area contributed by atoms with Crippen LogP contribution in [-0.4, -0.2) is 31.4 Å². The fourth-order valence-electron chi connectivity index (χ4n) is 4.13. The number of methoxy groups -OCH3 is 2. The first-order valence-corrected chi connectivity index (χ1v) is 12.9. The predicted octanol–water partition coefficient (Wildman–Crippen LogP) is 4.26. The first-order chi connectivity index (χ1) is 18.0. The third kappa shape index (κ3) is 5.59. The summed E-state index contributed by atoms with van der Waals surface area (Å²) in [7, 11) is 2.89. The molecule has 0 amide bonds. The van der Waals surface area contributed by atoms with Gasteiger partial charge in [-0.05, 0) is 42.7 Å². The van der Waals surface area contributed by atoms with Gasteiger partial charge in [0.15, 0.2) is 16.3 Å². The van der Waals surface area contributed by atoms with Crippen molar-refractivity contribution in [3.05, 3.63) is 96.7 Å². The van der Waals surface area contributed by atoms with Gasteiger partial charge in [0.2, 0.25) is 0 Å². The van der Waals surface area contributed by atoms with Gasteiger partial charge in [-0.3, -0.25) is 9.36 Å². The highest BCUT2D eigenvalue weighted by atomic mass is 32.1. The minimum atomic E-state index is -0.720. The minimum absolute atomic E-state index is 0.234. The standard InChI is InChI=1S/C29H30N2O5S/c1-5-6-17-36-22-16-15-21(18-23(22)34-3)26-25(28(33)35-4)19(2)30-29-31(26)27(32)24(37-29)14-10-13-20-11-8-7-9-12-20/h7-16,18,26H,5-6,17H2,1-4H3/b13-10+,24-14-. The van der Waals surface area contributed by atoms with Crippen LogP contribution in [0.25, 0.3) is 12.2 Å². The van der Waals surface area contributed by atoms with Crippen LogP contribution in [0.15, 0.2) is 75.7 Å². The molecule has 0 bridgehead atoms. The largest absolute Gasteiger partial charge is 0.493 e. The highest BCUT2D eigenvalue weighted by molar-refractivity contribution is 7.07. The SMILES string of the molecule is CCCCOc1ccc(C2C(C(=O)OC)=C(C)N=c3s/c(=C\C=C\c4ccccc4)c(=O)n32)cc1OC. The maximum absolute atomic E-state index is 13.6. The Morgan fingerprint density at radius 1 is 1.14 bits per heavy atom. The summed E-state index contributed by atoms with van der Waals surface area (Å²) in [5.74, 6) is 0.602. The Morgan fingerprint density at radius 3 is 2.62 bits per heavy atom. The Morgan fingerprint density at radius 2 is 1.92 bits per heavy atom. The zero-order valence-electron chi connectivity index (χ0n) is 21.4. The molecule has 0 N–H and O–H groups in total. The number of benzene rings is 2. The number of rotatable bonds is 9. The topological polar surface area (TPSA) is 79.1 Å². The number of fused-ring (bicyclic) bond motifs is 1. The molecule has 4 rings (SSSR count). The molecule has 1 aliphatic rings. The van der Waals surface area contributed by atoms with Crippen LogP contribution in [0.1, 0.15) is 43.9 Å². The lowest BCUT2D eigenvalue weighted by Gasteiger charge is -2.25. The van der Waals surface area contributed by atoms with Gasteiger partial charge in [-0.2, -0.15) is 0 Å². The number of nitrogens with zero attached hydrogens (tertiary/aromatic N) is 2. The Kier molecular flexibility index (Phi) is 8.40. The van der Waals surface area contributed by atoms with Gasteiger partial charge < -0.3 is 14.2 Å². The third-order valence-electron chi connectivity index (χ3n) is 6.02. The van der Waals surface area contributed by atoms with Crippen molar-refractivity contribution in [1.82, 2.24) is 4.57 Å². The van der Waals surface area contributed by atoms with Gasteiger partial charge in [-0.25, -0.2) is 9.79 Å². The van der Waals surface area contributed by atoms with Crippen molar-refractivity contribution in [2.75, 3.05) is 20.8 Å². The second-order valence-electron chi connectivity index (χ2n) is 8.48. The van der Waals surface area contributed by atoms with Gasteiger partial charge in [-0.15, -0.1) is 0 Å². The number of allylic oxidation sites excluding steroid dienone is 2. The van der Waals surface area contributed by atoms with Crippen molar-refractivity contribution in [3.8, 4) is 11.5 Å². The molecule has 1 aliphatic heterocycles. The summed E-state index contributed by atoms with van der Waals surface area (Å²) in [5, 5.41) is 0. The van der Waals surface area contributed by atoms with Gasteiger partial charge >= 0.3 is 5.97 Å². The Bertz CT molecular complexity index is 1520. The molecule has 1 aromatic heterocycles. The van der Waals surface area contributed by atoms with E-state index in [1.165, 1.54) is 18.4 Å². The molecule has 0 aliphatic carbocycles. The average molecular weight is 519 g/mol. The molecule has 0 saturated carbocycles. The molecule has 2 heterocycles. The van der Waals surface area contributed by atoms with E-state index in [0.29, 0.717) is 44.3 Å². The van der Waals surface area contributed by atoms with E-state index in [1.807, 2.05) is 54.6 Å². The third-order valence-corrected chi connectivity index (χ3v) is 7.02. The van der Waals surface area contributed by atoms with E-state index >= 15 is 0 Å². The fraction of sp³-hybridized carbons (Fsp3) is 0.276. The van der Waals surface area contributed by atoms with Crippen LogP contribution < -0.4 is 24.4 Å². The van der Waals surface area contributed by atoms with Crippen LogP contribution in [-0.2, 0) is 9.53 Å². The second kappa shape index (κ2) is 11.9. The van der Waals surface area contributed by atoms with Crippen LogP contribution in [0.4, 0.5) is 0 Å². The van der Waals surface area contributed by atoms with E-state index in [2.05, 4.69) is 11.9 Å². The van der Waals surface area contributed by atoms with Gasteiger partial charge in [-0.1, -0.05) is 73.2 Å². The van der Waals surface area contributed by atoms with E-state index in [4.69, 9.17) is 14.2 Å². The highest BCUT2D eigenvalue weighted by Crippen LogP contribution is 2.36. The number of unbranched alkanes of at least 4 members (excludes halogenated alkanes) is 1. The second-order valence-corrected chi connectivity index (χ2v) is 9.49. The van der Waals surface area contributed by atoms with Crippen LogP contribution in [0.3, 0.4) is 0 Å². The van der Waals surface area contributed by atoms with Crippen molar-refractivity contribution >= 4 is 29.5 Å². The van der Waals surface area contributed by atoms with Crippen molar-refractivity contribution in [2.45, 2.75) is 32.7 Å². The van der Waals surface area contributed by atoms with Crippen molar-refractivity contribution in [1.29, 1.82) is 0 Å². The van der Waals surface area contributed by atoms with E-state index in [-0.39, 0.29) is 5.56 Å². The number of aromatic nitrogens is 1. The number of carbonyl (C=O) groups excluding carboxylic acids is 1. The number of ether oxygens (including phenoxy) is 3. The average Bonchev–Trinajstić information content (AvgIpc) is 3.22. The summed E-state index contributed by atoms with van der Waals surface area (Å²) in [5.41, 5.74) is 2.31. The molecule has 0 fully saturated rings. The van der Waals surface area contributed by atoms with Gasteiger partial charge in [0.05, 0.1) is 42.7 Å². The predicted molar refractivity (Wildman–Crippen MR) is 146 cm³/mol. The first kappa shape index (κ1) is 26.2. The molecule has 37 heavy (non-hydrogen) atoms. The maximum Gasteiger partial charge on any atom is 0.338 e. The summed E-state index contributed by atoms with van der Waals surface area (Å²) >= 11 is 1.28. The van der Waals surface area contributed by atoms with E-state index < -0.39 is 12.0 Å². The summed E-state index contributed by atoms with van der Waals surface area (Å²) in [6.45, 7) is 4.43. The maximum atomic E-state index is 13.6. The lowest BCUT2D eigenvalue weighted by molar-refractivity contribution is -0.136. The van der Waals surface area contributed by atoms with Crippen molar-refractivity contribution in [3.63, 3.8) is 0 Å².